The summed E-state index contributed by atoms with van der Waals surface area (Å²) in [5, 5.41) is 12.2. The van der Waals surface area contributed by atoms with Gasteiger partial charge in [0.25, 0.3) is 0 Å². The standard InChI is InChI=1S/C14H25NO3/c1-4-9-7-11(12(8-9)14(17)18)13(16)15-10(5-2)6-3/h9-12H,4-8H2,1-3H3,(H,15,16)(H,17,18)/t9?,11-,12+/m0/s1. The predicted octanol–water partition coefficient (Wildman–Crippen LogP) is 2.43. The average Bonchev–Trinajstić information content (AvgIpc) is 2.80. The Morgan fingerprint density at radius 2 is 1.72 bits per heavy atom. The van der Waals surface area contributed by atoms with Crippen LogP contribution in [0, 0.1) is 17.8 Å². The lowest BCUT2D eigenvalue weighted by atomic mass is 9.95. The van der Waals surface area contributed by atoms with E-state index in [1.165, 1.54) is 0 Å². The van der Waals surface area contributed by atoms with Gasteiger partial charge in [-0.05, 0) is 31.6 Å². The van der Waals surface area contributed by atoms with E-state index in [0.717, 1.165) is 25.7 Å². The van der Waals surface area contributed by atoms with Crippen LogP contribution < -0.4 is 5.32 Å². The highest BCUT2D eigenvalue weighted by molar-refractivity contribution is 5.85. The molecule has 4 nitrogen and oxygen atoms in total. The highest BCUT2D eigenvalue weighted by Crippen LogP contribution is 2.38. The van der Waals surface area contributed by atoms with E-state index in [-0.39, 0.29) is 17.9 Å². The lowest BCUT2D eigenvalue weighted by Crippen LogP contribution is -2.40. The smallest absolute Gasteiger partial charge is 0.307 e. The largest absolute Gasteiger partial charge is 0.481 e. The van der Waals surface area contributed by atoms with Gasteiger partial charge in [-0.25, -0.2) is 0 Å². The molecule has 0 aliphatic heterocycles. The Morgan fingerprint density at radius 3 is 2.17 bits per heavy atom. The zero-order valence-electron chi connectivity index (χ0n) is 11.6. The maximum atomic E-state index is 12.2. The van der Waals surface area contributed by atoms with Crippen LogP contribution in [0.25, 0.3) is 0 Å². The van der Waals surface area contributed by atoms with Crippen molar-refractivity contribution in [3.63, 3.8) is 0 Å². The van der Waals surface area contributed by atoms with Crippen LogP contribution in [-0.4, -0.2) is 23.0 Å². The molecular weight excluding hydrogens is 230 g/mol. The molecule has 104 valence electrons. The Labute approximate surface area is 109 Å². The van der Waals surface area contributed by atoms with Crippen LogP contribution in [0.3, 0.4) is 0 Å². The first kappa shape index (κ1) is 15.0. The van der Waals surface area contributed by atoms with Gasteiger partial charge in [-0.1, -0.05) is 27.2 Å². The van der Waals surface area contributed by atoms with Crippen molar-refractivity contribution in [2.45, 2.75) is 58.9 Å². The van der Waals surface area contributed by atoms with Gasteiger partial charge in [0.2, 0.25) is 5.91 Å². The SMILES string of the molecule is CCC1C[C@H](C(=O)NC(CC)CC)[C@H](C(=O)O)C1. The first-order valence-electron chi connectivity index (χ1n) is 7.06. The number of carboxylic acids is 1. The minimum absolute atomic E-state index is 0.0629. The summed E-state index contributed by atoms with van der Waals surface area (Å²) in [5.74, 6) is -1.34. The number of amides is 1. The Kier molecular flexibility index (Phi) is 5.63. The summed E-state index contributed by atoms with van der Waals surface area (Å²) in [6.07, 6.45) is 4.11. The van der Waals surface area contributed by atoms with E-state index in [1.807, 2.05) is 13.8 Å². The van der Waals surface area contributed by atoms with Crippen LogP contribution in [0.1, 0.15) is 52.9 Å². The van der Waals surface area contributed by atoms with Crippen LogP contribution in [0.4, 0.5) is 0 Å². The maximum absolute atomic E-state index is 12.2. The number of hydrogen-bond acceptors (Lipinski definition) is 2. The van der Waals surface area contributed by atoms with Crippen molar-refractivity contribution in [3.8, 4) is 0 Å². The minimum atomic E-state index is -0.823. The second kappa shape index (κ2) is 6.76. The molecule has 0 aromatic heterocycles. The van der Waals surface area contributed by atoms with E-state index in [4.69, 9.17) is 0 Å². The van der Waals surface area contributed by atoms with E-state index >= 15 is 0 Å². The Morgan fingerprint density at radius 1 is 1.17 bits per heavy atom. The van der Waals surface area contributed by atoms with Crippen molar-refractivity contribution < 1.29 is 14.7 Å². The number of carbonyl (C=O) groups excluding carboxylic acids is 1. The number of carboxylic acid groups (broad SMARTS) is 1. The summed E-state index contributed by atoms with van der Waals surface area (Å²) in [6.45, 7) is 6.13. The predicted molar refractivity (Wildman–Crippen MR) is 70.1 cm³/mol. The quantitative estimate of drug-likeness (QED) is 0.766. The second-order valence-electron chi connectivity index (χ2n) is 5.32. The van der Waals surface area contributed by atoms with Gasteiger partial charge in [0.05, 0.1) is 11.8 Å². The first-order chi connectivity index (χ1) is 8.53. The molecule has 0 saturated heterocycles. The Hall–Kier alpha value is -1.06. The third-order valence-corrected chi connectivity index (χ3v) is 4.22. The molecule has 1 saturated carbocycles. The Bertz CT molecular complexity index is 299. The fourth-order valence-corrected chi connectivity index (χ4v) is 2.84. The third kappa shape index (κ3) is 3.47. The van der Waals surface area contributed by atoms with Gasteiger partial charge in [0.1, 0.15) is 0 Å². The fraction of sp³-hybridized carbons (Fsp3) is 0.857. The number of rotatable bonds is 6. The molecule has 0 spiro atoms. The zero-order chi connectivity index (χ0) is 13.7. The highest BCUT2D eigenvalue weighted by atomic mass is 16.4. The average molecular weight is 255 g/mol. The summed E-state index contributed by atoms with van der Waals surface area (Å²) in [4.78, 5) is 23.4. The normalized spacial score (nSPS) is 27.4. The van der Waals surface area contributed by atoms with Crippen molar-refractivity contribution in [2.75, 3.05) is 0 Å². The molecule has 0 aromatic rings. The number of hydrogen-bond donors (Lipinski definition) is 2. The van der Waals surface area contributed by atoms with Gasteiger partial charge >= 0.3 is 5.97 Å². The molecule has 0 heterocycles. The third-order valence-electron chi connectivity index (χ3n) is 4.22. The van der Waals surface area contributed by atoms with Crippen LogP contribution in [-0.2, 0) is 9.59 Å². The van der Waals surface area contributed by atoms with Gasteiger partial charge in [0.15, 0.2) is 0 Å². The number of nitrogens with one attached hydrogen (secondary N) is 1. The molecule has 1 rings (SSSR count). The summed E-state index contributed by atoms with van der Waals surface area (Å²) in [5.41, 5.74) is 0. The molecular formula is C14H25NO3. The maximum Gasteiger partial charge on any atom is 0.307 e. The van der Waals surface area contributed by atoms with Gasteiger partial charge in [-0.15, -0.1) is 0 Å². The van der Waals surface area contributed by atoms with Crippen LogP contribution in [0.15, 0.2) is 0 Å². The summed E-state index contributed by atoms with van der Waals surface area (Å²) < 4.78 is 0. The molecule has 1 aliphatic rings. The fourth-order valence-electron chi connectivity index (χ4n) is 2.84. The van der Waals surface area contributed by atoms with Crippen LogP contribution in [0.5, 0.6) is 0 Å². The van der Waals surface area contributed by atoms with E-state index in [1.54, 1.807) is 0 Å². The lowest BCUT2D eigenvalue weighted by Gasteiger charge is -2.20. The minimum Gasteiger partial charge on any atom is -0.481 e. The molecule has 0 bridgehead atoms. The number of aliphatic carboxylic acids is 1. The van der Waals surface area contributed by atoms with Crippen molar-refractivity contribution in [3.05, 3.63) is 0 Å². The molecule has 1 aliphatic carbocycles. The van der Waals surface area contributed by atoms with E-state index < -0.39 is 11.9 Å². The van der Waals surface area contributed by atoms with Gasteiger partial charge in [0, 0.05) is 6.04 Å². The van der Waals surface area contributed by atoms with Crippen molar-refractivity contribution in [2.24, 2.45) is 17.8 Å². The van der Waals surface area contributed by atoms with E-state index in [2.05, 4.69) is 12.2 Å². The monoisotopic (exact) mass is 255 g/mol. The zero-order valence-corrected chi connectivity index (χ0v) is 11.6. The van der Waals surface area contributed by atoms with Crippen molar-refractivity contribution in [1.29, 1.82) is 0 Å². The molecule has 0 aromatic carbocycles. The molecule has 18 heavy (non-hydrogen) atoms. The van der Waals surface area contributed by atoms with Crippen LogP contribution in [0.2, 0.25) is 0 Å². The number of carbonyl (C=O) groups is 2. The van der Waals surface area contributed by atoms with Gasteiger partial charge < -0.3 is 10.4 Å². The molecule has 3 atom stereocenters. The summed E-state index contributed by atoms with van der Waals surface area (Å²) in [6, 6.07) is 0.174. The van der Waals surface area contributed by atoms with Crippen molar-refractivity contribution in [1.82, 2.24) is 5.32 Å². The molecule has 1 amide bonds. The lowest BCUT2D eigenvalue weighted by molar-refractivity contribution is -0.146. The van der Waals surface area contributed by atoms with Crippen molar-refractivity contribution >= 4 is 11.9 Å². The molecule has 2 N–H and O–H groups in total. The summed E-state index contributed by atoms with van der Waals surface area (Å²) >= 11 is 0. The second-order valence-corrected chi connectivity index (χ2v) is 5.32. The topological polar surface area (TPSA) is 66.4 Å². The molecule has 0 radical (unpaired) electrons. The first-order valence-corrected chi connectivity index (χ1v) is 7.06. The highest BCUT2D eigenvalue weighted by Gasteiger charge is 2.42. The molecule has 4 heteroatoms. The van der Waals surface area contributed by atoms with Gasteiger partial charge in [-0.2, -0.15) is 0 Å². The molecule has 1 fully saturated rings. The van der Waals surface area contributed by atoms with E-state index in [0.29, 0.717) is 12.3 Å². The Balaban J connectivity index is 2.67. The van der Waals surface area contributed by atoms with E-state index in [9.17, 15) is 14.7 Å². The van der Waals surface area contributed by atoms with Crippen LogP contribution >= 0.6 is 0 Å². The molecule has 1 unspecified atom stereocenters. The summed E-state index contributed by atoms with van der Waals surface area (Å²) in [7, 11) is 0. The van der Waals surface area contributed by atoms with Gasteiger partial charge in [-0.3, -0.25) is 9.59 Å².